The Bertz CT molecular complexity index is 605. The molecule has 0 saturated heterocycles. The molecule has 5 heteroatoms. The number of hydrogen-bond acceptors (Lipinski definition) is 4. The van der Waals surface area contributed by atoms with Gasteiger partial charge in [-0.15, -0.1) is 0 Å². The molecule has 0 spiro atoms. The van der Waals surface area contributed by atoms with Gasteiger partial charge in [-0.2, -0.15) is 4.98 Å². The van der Waals surface area contributed by atoms with E-state index in [0.29, 0.717) is 11.4 Å². The summed E-state index contributed by atoms with van der Waals surface area (Å²) in [5.41, 5.74) is 1.43. The van der Waals surface area contributed by atoms with Gasteiger partial charge in [0.15, 0.2) is 0 Å². The van der Waals surface area contributed by atoms with Crippen LogP contribution in [0.1, 0.15) is 25.3 Å². The van der Waals surface area contributed by atoms with E-state index in [9.17, 15) is 9.18 Å². The van der Waals surface area contributed by atoms with E-state index in [1.807, 2.05) is 13.8 Å². The quantitative estimate of drug-likeness (QED) is 0.850. The standard InChI is InChI=1S/C14H15FN2O2/c1-8(2)12(18)7-13-16-14(17-19-13)11-5-4-10(15)6-9(11)3/h4-6,8H,7H2,1-3H3. The van der Waals surface area contributed by atoms with Crippen LogP contribution in [0.25, 0.3) is 11.4 Å². The van der Waals surface area contributed by atoms with Crippen LogP contribution in [-0.2, 0) is 11.2 Å². The van der Waals surface area contributed by atoms with Gasteiger partial charge in [-0.05, 0) is 30.7 Å². The zero-order valence-corrected chi connectivity index (χ0v) is 11.1. The number of Topliss-reactive ketones (excluding diaryl/α,β-unsaturated/α-hetero) is 1. The number of halogens is 1. The lowest BCUT2D eigenvalue weighted by Crippen LogP contribution is -2.10. The Morgan fingerprint density at radius 2 is 2.16 bits per heavy atom. The molecule has 1 aromatic heterocycles. The molecule has 100 valence electrons. The summed E-state index contributed by atoms with van der Waals surface area (Å²) in [4.78, 5) is 15.8. The first-order valence-electron chi connectivity index (χ1n) is 6.09. The molecule has 19 heavy (non-hydrogen) atoms. The van der Waals surface area contributed by atoms with Crippen molar-refractivity contribution in [3.05, 3.63) is 35.5 Å². The highest BCUT2D eigenvalue weighted by Gasteiger charge is 2.15. The molecule has 0 saturated carbocycles. The van der Waals surface area contributed by atoms with Crippen LogP contribution in [0.2, 0.25) is 0 Å². The molecular formula is C14H15FN2O2. The van der Waals surface area contributed by atoms with Crippen LogP contribution in [0.15, 0.2) is 22.7 Å². The highest BCUT2D eigenvalue weighted by Crippen LogP contribution is 2.21. The van der Waals surface area contributed by atoms with Crippen LogP contribution in [-0.4, -0.2) is 15.9 Å². The van der Waals surface area contributed by atoms with Crippen molar-refractivity contribution in [1.82, 2.24) is 10.1 Å². The van der Waals surface area contributed by atoms with Gasteiger partial charge in [0.25, 0.3) is 0 Å². The molecule has 0 aliphatic heterocycles. The number of rotatable bonds is 4. The third-order valence-corrected chi connectivity index (χ3v) is 2.87. The molecule has 0 aliphatic carbocycles. The van der Waals surface area contributed by atoms with Gasteiger partial charge >= 0.3 is 0 Å². The Kier molecular flexibility index (Phi) is 3.74. The van der Waals surface area contributed by atoms with Gasteiger partial charge in [0.1, 0.15) is 11.6 Å². The van der Waals surface area contributed by atoms with E-state index >= 15 is 0 Å². The van der Waals surface area contributed by atoms with Crippen molar-refractivity contribution in [3.63, 3.8) is 0 Å². The zero-order chi connectivity index (χ0) is 14.0. The number of aromatic nitrogens is 2. The maximum atomic E-state index is 13.0. The summed E-state index contributed by atoms with van der Waals surface area (Å²) in [6, 6.07) is 4.35. The maximum absolute atomic E-state index is 13.0. The van der Waals surface area contributed by atoms with E-state index in [2.05, 4.69) is 10.1 Å². The fourth-order valence-corrected chi connectivity index (χ4v) is 1.67. The fraction of sp³-hybridized carbons (Fsp3) is 0.357. The van der Waals surface area contributed by atoms with E-state index in [-0.39, 0.29) is 29.8 Å². The van der Waals surface area contributed by atoms with Crippen molar-refractivity contribution >= 4 is 5.78 Å². The second-order valence-electron chi connectivity index (χ2n) is 4.77. The predicted octanol–water partition coefficient (Wildman–Crippen LogP) is 2.95. The molecule has 0 bridgehead atoms. The van der Waals surface area contributed by atoms with Gasteiger partial charge in [-0.25, -0.2) is 4.39 Å². The lowest BCUT2D eigenvalue weighted by atomic mass is 10.1. The molecule has 0 unspecified atom stereocenters. The Labute approximate surface area is 110 Å². The minimum atomic E-state index is -0.306. The first kappa shape index (κ1) is 13.4. The highest BCUT2D eigenvalue weighted by atomic mass is 19.1. The summed E-state index contributed by atoms with van der Waals surface area (Å²) in [5.74, 6) is 0.343. The second kappa shape index (κ2) is 5.30. The fourth-order valence-electron chi connectivity index (χ4n) is 1.67. The van der Waals surface area contributed by atoms with Crippen molar-refractivity contribution in [1.29, 1.82) is 0 Å². The van der Waals surface area contributed by atoms with Gasteiger partial charge in [-0.1, -0.05) is 19.0 Å². The largest absolute Gasteiger partial charge is 0.339 e. The first-order valence-corrected chi connectivity index (χ1v) is 6.09. The minimum Gasteiger partial charge on any atom is -0.339 e. The van der Waals surface area contributed by atoms with E-state index in [1.165, 1.54) is 12.1 Å². The van der Waals surface area contributed by atoms with Gasteiger partial charge in [0.2, 0.25) is 11.7 Å². The molecule has 4 nitrogen and oxygen atoms in total. The number of hydrogen-bond donors (Lipinski definition) is 0. The third-order valence-electron chi connectivity index (χ3n) is 2.87. The summed E-state index contributed by atoms with van der Waals surface area (Å²) in [6.07, 6.45) is 0.130. The number of benzene rings is 1. The van der Waals surface area contributed by atoms with Crippen LogP contribution < -0.4 is 0 Å². The van der Waals surface area contributed by atoms with Crippen LogP contribution >= 0.6 is 0 Å². The minimum absolute atomic E-state index is 0.0472. The SMILES string of the molecule is Cc1cc(F)ccc1-c1noc(CC(=O)C(C)C)n1. The molecule has 0 N–H and O–H groups in total. The summed E-state index contributed by atoms with van der Waals surface area (Å²) in [7, 11) is 0. The van der Waals surface area contributed by atoms with Gasteiger partial charge in [0.05, 0.1) is 6.42 Å². The summed E-state index contributed by atoms with van der Waals surface area (Å²) in [5, 5.41) is 3.83. The zero-order valence-electron chi connectivity index (χ0n) is 11.1. The Hall–Kier alpha value is -2.04. The normalized spacial score (nSPS) is 11.0. The number of ketones is 1. The van der Waals surface area contributed by atoms with E-state index in [4.69, 9.17) is 4.52 Å². The van der Waals surface area contributed by atoms with Crippen molar-refractivity contribution in [2.45, 2.75) is 27.2 Å². The molecule has 2 rings (SSSR count). The Morgan fingerprint density at radius 1 is 1.42 bits per heavy atom. The van der Waals surface area contributed by atoms with Crippen LogP contribution in [0.3, 0.4) is 0 Å². The lowest BCUT2D eigenvalue weighted by Gasteiger charge is -2.00. The number of carbonyl (C=O) groups is 1. The molecule has 1 heterocycles. The first-order chi connectivity index (χ1) is 8.97. The summed E-state index contributed by atoms with van der Waals surface area (Å²) in [6.45, 7) is 5.42. The van der Waals surface area contributed by atoms with Crippen LogP contribution in [0.4, 0.5) is 4.39 Å². The number of carbonyl (C=O) groups excluding carboxylic acids is 1. The molecule has 0 atom stereocenters. The van der Waals surface area contributed by atoms with Gasteiger partial charge < -0.3 is 4.52 Å². The Morgan fingerprint density at radius 3 is 2.79 bits per heavy atom. The van der Waals surface area contributed by atoms with E-state index < -0.39 is 0 Å². The van der Waals surface area contributed by atoms with Gasteiger partial charge in [0, 0.05) is 11.5 Å². The summed E-state index contributed by atoms with van der Waals surface area (Å²) < 4.78 is 18.1. The molecular weight excluding hydrogens is 247 g/mol. The third kappa shape index (κ3) is 3.05. The van der Waals surface area contributed by atoms with Crippen molar-refractivity contribution in [2.75, 3.05) is 0 Å². The summed E-state index contributed by atoms with van der Waals surface area (Å²) >= 11 is 0. The number of nitrogens with zero attached hydrogens (tertiary/aromatic N) is 2. The topological polar surface area (TPSA) is 56.0 Å². The average Bonchev–Trinajstić information content (AvgIpc) is 2.77. The van der Waals surface area contributed by atoms with Crippen molar-refractivity contribution in [3.8, 4) is 11.4 Å². The molecule has 0 amide bonds. The van der Waals surface area contributed by atoms with E-state index in [0.717, 1.165) is 5.56 Å². The predicted molar refractivity (Wildman–Crippen MR) is 68.0 cm³/mol. The molecule has 2 aromatic rings. The Balaban J connectivity index is 2.23. The number of aryl methyl sites for hydroxylation is 1. The molecule has 0 fully saturated rings. The molecule has 0 radical (unpaired) electrons. The van der Waals surface area contributed by atoms with Crippen molar-refractivity contribution in [2.24, 2.45) is 5.92 Å². The van der Waals surface area contributed by atoms with E-state index in [1.54, 1.807) is 13.0 Å². The highest BCUT2D eigenvalue weighted by molar-refractivity contribution is 5.81. The van der Waals surface area contributed by atoms with Crippen molar-refractivity contribution < 1.29 is 13.7 Å². The molecule has 0 aliphatic rings. The smallest absolute Gasteiger partial charge is 0.234 e. The molecule has 1 aromatic carbocycles. The van der Waals surface area contributed by atoms with Crippen LogP contribution in [0, 0.1) is 18.7 Å². The van der Waals surface area contributed by atoms with Gasteiger partial charge in [-0.3, -0.25) is 4.79 Å². The lowest BCUT2D eigenvalue weighted by molar-refractivity contribution is -0.121. The van der Waals surface area contributed by atoms with Crippen LogP contribution in [0.5, 0.6) is 0 Å². The average molecular weight is 262 g/mol. The monoisotopic (exact) mass is 262 g/mol. The second-order valence-corrected chi connectivity index (χ2v) is 4.77. The maximum Gasteiger partial charge on any atom is 0.234 e.